The summed E-state index contributed by atoms with van der Waals surface area (Å²) in [7, 11) is 0. The largest absolute Gasteiger partial charge is 0.356 e. The SMILES string of the molecule is CC(C)(C)NC(=O)[C@@H]1N(Cc2ccc(Cl)cc2)C(=O)[C@@H]2[C@@H](C(=O)NCc3cccs3)[C@@]3(C)C=C[C@]21O3. The molecule has 1 aromatic heterocycles. The third-order valence-corrected chi connectivity index (χ3v) is 8.24. The van der Waals surface area contributed by atoms with Gasteiger partial charge in [0.2, 0.25) is 17.7 Å². The summed E-state index contributed by atoms with van der Waals surface area (Å²) < 4.78 is 6.53. The van der Waals surface area contributed by atoms with Gasteiger partial charge in [0.1, 0.15) is 11.6 Å². The van der Waals surface area contributed by atoms with Crippen molar-refractivity contribution in [2.45, 2.75) is 63.6 Å². The summed E-state index contributed by atoms with van der Waals surface area (Å²) in [4.78, 5) is 43.9. The molecule has 1 spiro atoms. The van der Waals surface area contributed by atoms with Gasteiger partial charge in [-0.05, 0) is 56.8 Å². The summed E-state index contributed by atoms with van der Waals surface area (Å²) in [5.74, 6) is -2.38. The number of likely N-dealkylation sites (tertiary alicyclic amines) is 1. The van der Waals surface area contributed by atoms with Crippen LogP contribution >= 0.6 is 22.9 Å². The molecule has 3 aliphatic heterocycles. The predicted molar refractivity (Wildman–Crippen MR) is 138 cm³/mol. The smallest absolute Gasteiger partial charge is 0.246 e. The molecule has 1 aromatic carbocycles. The number of thiophene rings is 1. The Bertz CT molecular complexity index is 1220. The van der Waals surface area contributed by atoms with Crippen LogP contribution in [0.1, 0.15) is 38.1 Å². The van der Waals surface area contributed by atoms with Crippen LogP contribution in [0.5, 0.6) is 0 Å². The van der Waals surface area contributed by atoms with E-state index in [0.29, 0.717) is 11.6 Å². The molecular formula is C27H30ClN3O4S. The highest BCUT2D eigenvalue weighted by molar-refractivity contribution is 7.09. The van der Waals surface area contributed by atoms with Crippen molar-refractivity contribution >= 4 is 40.7 Å². The van der Waals surface area contributed by atoms with Crippen LogP contribution in [0.2, 0.25) is 5.02 Å². The molecule has 3 aliphatic rings. The fourth-order valence-electron chi connectivity index (χ4n) is 5.72. The Kier molecular flexibility index (Phi) is 6.05. The number of hydrogen-bond donors (Lipinski definition) is 2. The topological polar surface area (TPSA) is 87.7 Å². The van der Waals surface area contributed by atoms with Crippen LogP contribution in [0.4, 0.5) is 0 Å². The monoisotopic (exact) mass is 527 g/mol. The molecule has 5 atom stereocenters. The summed E-state index contributed by atoms with van der Waals surface area (Å²) in [6.45, 7) is 8.08. The lowest BCUT2D eigenvalue weighted by Crippen LogP contribution is -2.57. The summed E-state index contributed by atoms with van der Waals surface area (Å²) in [6, 6.07) is 10.1. The zero-order valence-corrected chi connectivity index (χ0v) is 22.3. The fourth-order valence-corrected chi connectivity index (χ4v) is 6.49. The van der Waals surface area contributed by atoms with Crippen molar-refractivity contribution in [1.29, 1.82) is 0 Å². The molecule has 2 N–H and O–H groups in total. The van der Waals surface area contributed by atoms with Crippen LogP contribution < -0.4 is 10.6 Å². The van der Waals surface area contributed by atoms with Crippen molar-refractivity contribution in [3.63, 3.8) is 0 Å². The summed E-state index contributed by atoms with van der Waals surface area (Å²) in [5, 5.41) is 8.56. The van der Waals surface area contributed by atoms with E-state index < -0.39 is 34.6 Å². The molecule has 4 heterocycles. The Hall–Kier alpha value is -2.68. The lowest BCUT2D eigenvalue weighted by molar-refractivity contribution is -0.146. The van der Waals surface area contributed by atoms with Crippen LogP contribution in [0, 0.1) is 11.8 Å². The van der Waals surface area contributed by atoms with Gasteiger partial charge in [0.25, 0.3) is 0 Å². The highest BCUT2D eigenvalue weighted by atomic mass is 35.5. The Morgan fingerprint density at radius 3 is 2.50 bits per heavy atom. The molecule has 2 aromatic rings. The number of rotatable bonds is 6. The number of benzene rings is 1. The number of halogens is 1. The number of nitrogens with one attached hydrogen (secondary N) is 2. The highest BCUT2D eigenvalue weighted by Gasteiger charge is 2.76. The molecule has 2 fully saturated rings. The van der Waals surface area contributed by atoms with Gasteiger partial charge in [-0.25, -0.2) is 0 Å². The summed E-state index contributed by atoms with van der Waals surface area (Å²) in [6.07, 6.45) is 3.67. The molecule has 0 unspecified atom stereocenters. The van der Waals surface area contributed by atoms with Crippen molar-refractivity contribution in [2.75, 3.05) is 0 Å². The van der Waals surface area contributed by atoms with E-state index in [1.807, 2.05) is 69.5 Å². The van der Waals surface area contributed by atoms with Crippen molar-refractivity contribution in [3.05, 3.63) is 69.4 Å². The molecule has 190 valence electrons. The average Bonchev–Trinajstić information content (AvgIpc) is 3.53. The van der Waals surface area contributed by atoms with E-state index in [9.17, 15) is 14.4 Å². The maximum Gasteiger partial charge on any atom is 0.246 e. The molecular weight excluding hydrogens is 498 g/mol. The van der Waals surface area contributed by atoms with Crippen LogP contribution in [0.15, 0.2) is 53.9 Å². The first-order chi connectivity index (χ1) is 16.9. The number of amides is 3. The van der Waals surface area contributed by atoms with Gasteiger partial charge in [0, 0.05) is 22.0 Å². The number of carbonyl (C=O) groups excluding carboxylic acids is 3. The minimum Gasteiger partial charge on any atom is -0.356 e. The standard InChI is InChI=1S/C27H30ClN3O4S/c1-25(2,3)30-23(33)21-27-12-11-26(4,35-27)19(22(32)29-14-18-6-5-13-36-18)20(27)24(34)31(21)15-16-7-9-17(28)10-8-16/h5-13,19-21H,14-15H2,1-4H3,(H,29,32)(H,30,33)/t19-,20-,21-,26+,27-/m0/s1. The average molecular weight is 528 g/mol. The first kappa shape index (κ1) is 25.0. The van der Waals surface area contributed by atoms with Gasteiger partial charge in [0.15, 0.2) is 0 Å². The van der Waals surface area contributed by atoms with E-state index in [2.05, 4.69) is 10.6 Å². The van der Waals surface area contributed by atoms with Crippen molar-refractivity contribution in [3.8, 4) is 0 Å². The normalized spacial score (nSPS) is 30.5. The molecule has 36 heavy (non-hydrogen) atoms. The molecule has 0 radical (unpaired) electrons. The maximum absolute atomic E-state index is 14.0. The molecule has 2 saturated heterocycles. The van der Waals surface area contributed by atoms with Gasteiger partial charge < -0.3 is 20.3 Å². The highest BCUT2D eigenvalue weighted by Crippen LogP contribution is 2.59. The van der Waals surface area contributed by atoms with E-state index in [4.69, 9.17) is 16.3 Å². The summed E-state index contributed by atoms with van der Waals surface area (Å²) >= 11 is 7.61. The maximum atomic E-state index is 14.0. The minimum absolute atomic E-state index is 0.202. The molecule has 7 nitrogen and oxygen atoms in total. The van der Waals surface area contributed by atoms with Gasteiger partial charge in [-0.1, -0.05) is 42.0 Å². The first-order valence-corrected chi connectivity index (χ1v) is 13.3. The van der Waals surface area contributed by atoms with E-state index in [-0.39, 0.29) is 24.3 Å². The quantitative estimate of drug-likeness (QED) is 0.561. The Morgan fingerprint density at radius 1 is 1.14 bits per heavy atom. The van der Waals surface area contributed by atoms with Crippen molar-refractivity contribution in [2.24, 2.45) is 11.8 Å². The zero-order valence-electron chi connectivity index (χ0n) is 20.7. The van der Waals surface area contributed by atoms with E-state index in [0.717, 1.165) is 10.4 Å². The molecule has 3 amide bonds. The number of ether oxygens (including phenoxy) is 1. The van der Waals surface area contributed by atoms with Gasteiger partial charge >= 0.3 is 0 Å². The molecule has 0 saturated carbocycles. The third kappa shape index (κ3) is 4.15. The fraction of sp³-hybridized carbons (Fsp3) is 0.444. The van der Waals surface area contributed by atoms with Crippen LogP contribution in [0.3, 0.4) is 0 Å². The van der Waals surface area contributed by atoms with Gasteiger partial charge in [-0.15, -0.1) is 11.3 Å². The van der Waals surface area contributed by atoms with Crippen molar-refractivity contribution < 1.29 is 19.1 Å². The lowest BCUT2D eigenvalue weighted by atomic mass is 9.70. The summed E-state index contributed by atoms with van der Waals surface area (Å²) in [5.41, 5.74) is -1.88. The second-order valence-electron chi connectivity index (χ2n) is 11.0. The number of hydrogen-bond acceptors (Lipinski definition) is 5. The van der Waals surface area contributed by atoms with Gasteiger partial charge in [-0.3, -0.25) is 14.4 Å². The van der Waals surface area contributed by atoms with Crippen LogP contribution in [0.25, 0.3) is 0 Å². The molecule has 2 bridgehead atoms. The first-order valence-electron chi connectivity index (χ1n) is 12.0. The van der Waals surface area contributed by atoms with Gasteiger partial charge in [0.05, 0.1) is 24.0 Å². The van der Waals surface area contributed by atoms with Gasteiger partial charge in [-0.2, -0.15) is 0 Å². The predicted octanol–water partition coefficient (Wildman–Crippen LogP) is 3.67. The van der Waals surface area contributed by atoms with Crippen molar-refractivity contribution in [1.82, 2.24) is 15.5 Å². The third-order valence-electron chi connectivity index (χ3n) is 7.11. The minimum atomic E-state index is -1.22. The number of carbonyl (C=O) groups is 3. The molecule has 5 rings (SSSR count). The van der Waals surface area contributed by atoms with E-state index >= 15 is 0 Å². The number of fused-ring (bicyclic) bond motifs is 1. The van der Waals surface area contributed by atoms with Crippen LogP contribution in [-0.4, -0.2) is 45.4 Å². The second kappa shape index (κ2) is 8.71. The zero-order chi connectivity index (χ0) is 25.9. The van der Waals surface area contributed by atoms with E-state index in [1.54, 1.807) is 28.4 Å². The second-order valence-corrected chi connectivity index (χ2v) is 12.4. The van der Waals surface area contributed by atoms with E-state index in [1.165, 1.54) is 0 Å². The van der Waals surface area contributed by atoms with Crippen LogP contribution in [-0.2, 0) is 32.2 Å². The Morgan fingerprint density at radius 2 is 1.86 bits per heavy atom. The number of nitrogens with zero attached hydrogens (tertiary/aromatic N) is 1. The Balaban J connectivity index is 1.50. The molecule has 9 heteroatoms. The Labute approximate surface area is 219 Å². The lowest BCUT2D eigenvalue weighted by Gasteiger charge is -2.35. The molecule has 0 aliphatic carbocycles.